The van der Waals surface area contributed by atoms with Crippen molar-refractivity contribution in [2.45, 2.75) is 76.6 Å². The van der Waals surface area contributed by atoms with Crippen LogP contribution in [0.3, 0.4) is 0 Å². The third kappa shape index (κ3) is 5.04. The second kappa shape index (κ2) is 7.74. The molecule has 0 spiro atoms. The van der Waals surface area contributed by atoms with E-state index in [1.54, 1.807) is 26.0 Å². The first-order valence-corrected chi connectivity index (χ1v) is 10.2. The fraction of sp³-hybridized carbons (Fsp3) is 0.500. The lowest BCUT2D eigenvalue weighted by molar-refractivity contribution is 0.0993. The number of Topliss-reactive ketones (excluding diaryl/α,β-unsaturated/α-hetero) is 1. The summed E-state index contributed by atoms with van der Waals surface area (Å²) in [6, 6.07) is 4.99. The number of carbonyl (C=O) groups is 1. The smallest absolute Gasteiger partial charge is 0.251 e. The van der Waals surface area contributed by atoms with Crippen molar-refractivity contribution in [2.75, 3.05) is 0 Å². The Morgan fingerprint density at radius 3 is 2.00 bits per heavy atom. The molecule has 2 N–H and O–H groups in total. The summed E-state index contributed by atoms with van der Waals surface area (Å²) >= 11 is 1.23. The number of aryl methyl sites for hydroxylation is 1. The molecule has 0 radical (unpaired) electrons. The summed E-state index contributed by atoms with van der Waals surface area (Å²) in [6.45, 7) is 15.6. The van der Waals surface area contributed by atoms with Gasteiger partial charge in [0.05, 0.1) is 5.25 Å². The van der Waals surface area contributed by atoms with Gasteiger partial charge in [-0.1, -0.05) is 53.3 Å². The molecule has 1 unspecified atom stereocenters. The second-order valence-corrected chi connectivity index (χ2v) is 10.6. The minimum Gasteiger partial charge on any atom is -0.507 e. The van der Waals surface area contributed by atoms with Gasteiger partial charge in [0.1, 0.15) is 5.75 Å². The number of H-pyrrole nitrogens is 1. The van der Waals surface area contributed by atoms with E-state index in [9.17, 15) is 14.7 Å². The first-order valence-electron chi connectivity index (χ1n) is 9.37. The number of phenolic OH excluding ortho intramolecular Hbond substituents is 1. The van der Waals surface area contributed by atoms with E-state index < -0.39 is 5.25 Å². The van der Waals surface area contributed by atoms with E-state index in [0.29, 0.717) is 16.4 Å². The number of nitrogens with one attached hydrogen (secondary N) is 1. The van der Waals surface area contributed by atoms with Gasteiger partial charge in [0.25, 0.3) is 5.56 Å². The lowest BCUT2D eigenvalue weighted by Gasteiger charge is -2.28. The molecule has 0 amide bonds. The molecular formula is C22H30N2O3S. The second-order valence-electron chi connectivity index (χ2n) is 9.24. The SMILES string of the molecule is Cc1cc(=O)[nH]c(SC(C)C(=O)c2cc(C(C)(C)C)c(O)c(C(C)(C)C)c2)n1. The van der Waals surface area contributed by atoms with Crippen molar-refractivity contribution in [3.8, 4) is 5.75 Å². The van der Waals surface area contributed by atoms with Crippen molar-refractivity contribution in [3.05, 3.63) is 50.9 Å². The summed E-state index contributed by atoms with van der Waals surface area (Å²) in [7, 11) is 0. The van der Waals surface area contributed by atoms with Crippen LogP contribution in [0.2, 0.25) is 0 Å². The van der Waals surface area contributed by atoms with Gasteiger partial charge in [-0.25, -0.2) is 4.98 Å². The third-order valence-corrected chi connectivity index (χ3v) is 5.50. The number of benzene rings is 1. The summed E-state index contributed by atoms with van der Waals surface area (Å²) in [5, 5.41) is 10.8. The number of aromatic amines is 1. The molecule has 0 fully saturated rings. The van der Waals surface area contributed by atoms with E-state index in [2.05, 4.69) is 9.97 Å². The molecule has 1 atom stereocenters. The molecule has 1 aromatic carbocycles. The Morgan fingerprint density at radius 1 is 1.07 bits per heavy atom. The normalized spacial score (nSPS) is 13.4. The minimum absolute atomic E-state index is 0.0647. The highest BCUT2D eigenvalue weighted by Crippen LogP contribution is 2.40. The molecule has 152 valence electrons. The van der Waals surface area contributed by atoms with Crippen LogP contribution in [0, 0.1) is 6.92 Å². The molecular weight excluding hydrogens is 372 g/mol. The molecule has 0 aliphatic heterocycles. The quantitative estimate of drug-likeness (QED) is 0.438. The van der Waals surface area contributed by atoms with Crippen molar-refractivity contribution in [3.63, 3.8) is 0 Å². The maximum atomic E-state index is 13.2. The average Bonchev–Trinajstić information content (AvgIpc) is 2.51. The lowest BCUT2D eigenvalue weighted by atomic mass is 9.78. The number of carbonyl (C=O) groups excluding carboxylic acids is 1. The zero-order valence-electron chi connectivity index (χ0n) is 17.9. The molecule has 1 heterocycles. The number of phenols is 1. The van der Waals surface area contributed by atoms with E-state index >= 15 is 0 Å². The van der Waals surface area contributed by atoms with Crippen LogP contribution in [0.15, 0.2) is 28.2 Å². The Kier molecular flexibility index (Phi) is 6.14. The fourth-order valence-electron chi connectivity index (χ4n) is 2.98. The number of ketones is 1. The predicted octanol–water partition coefficient (Wildman–Crippen LogP) is 4.74. The monoisotopic (exact) mass is 402 g/mol. The maximum absolute atomic E-state index is 13.2. The van der Waals surface area contributed by atoms with Crippen LogP contribution in [-0.4, -0.2) is 26.1 Å². The Morgan fingerprint density at radius 2 is 1.57 bits per heavy atom. The van der Waals surface area contributed by atoms with Crippen LogP contribution in [0.1, 0.15) is 75.6 Å². The molecule has 28 heavy (non-hydrogen) atoms. The third-order valence-electron chi connectivity index (χ3n) is 4.52. The summed E-state index contributed by atoms with van der Waals surface area (Å²) < 4.78 is 0. The van der Waals surface area contributed by atoms with Crippen LogP contribution in [0.5, 0.6) is 5.75 Å². The highest BCUT2D eigenvalue weighted by atomic mass is 32.2. The number of aromatic hydroxyl groups is 1. The zero-order chi connectivity index (χ0) is 21.4. The molecule has 6 heteroatoms. The molecule has 0 aliphatic rings. The molecule has 0 saturated heterocycles. The van der Waals surface area contributed by atoms with Crippen molar-refractivity contribution in [1.29, 1.82) is 0 Å². The highest BCUT2D eigenvalue weighted by Gasteiger charge is 2.29. The Bertz CT molecular complexity index is 914. The van der Waals surface area contributed by atoms with Gasteiger partial charge in [-0.2, -0.15) is 0 Å². The van der Waals surface area contributed by atoms with Gasteiger partial charge in [0.15, 0.2) is 10.9 Å². The van der Waals surface area contributed by atoms with Crippen LogP contribution >= 0.6 is 11.8 Å². The molecule has 2 aromatic rings. The maximum Gasteiger partial charge on any atom is 0.251 e. The van der Waals surface area contributed by atoms with E-state index in [1.807, 2.05) is 41.5 Å². The van der Waals surface area contributed by atoms with Crippen LogP contribution in [0.25, 0.3) is 0 Å². The van der Waals surface area contributed by atoms with Gasteiger partial charge in [0, 0.05) is 28.5 Å². The van der Waals surface area contributed by atoms with Crippen LogP contribution in [-0.2, 0) is 10.8 Å². The standard InChI is InChI=1S/C22H30N2O3S/c1-12-9-17(25)24-20(23-12)28-13(2)18(26)14-10-15(21(3,4)5)19(27)16(11-14)22(6,7)8/h9-11,13,27H,1-8H3,(H,23,24,25). The Balaban J connectivity index is 2.47. The Hall–Kier alpha value is -2.08. The van der Waals surface area contributed by atoms with Gasteiger partial charge >= 0.3 is 0 Å². The minimum atomic E-state index is -0.435. The fourth-order valence-corrected chi connectivity index (χ4v) is 3.92. The number of rotatable bonds is 4. The van der Waals surface area contributed by atoms with Crippen LogP contribution in [0.4, 0.5) is 0 Å². The van der Waals surface area contributed by atoms with Gasteiger partial charge in [-0.05, 0) is 36.8 Å². The van der Waals surface area contributed by atoms with E-state index in [4.69, 9.17) is 0 Å². The van der Waals surface area contributed by atoms with Crippen molar-refractivity contribution >= 4 is 17.5 Å². The lowest BCUT2D eigenvalue weighted by Crippen LogP contribution is -2.21. The van der Waals surface area contributed by atoms with Gasteiger partial charge < -0.3 is 10.1 Å². The molecule has 1 aromatic heterocycles. The predicted molar refractivity (Wildman–Crippen MR) is 115 cm³/mol. The first-order chi connectivity index (χ1) is 12.7. The van der Waals surface area contributed by atoms with Gasteiger partial charge in [-0.15, -0.1) is 0 Å². The molecule has 2 rings (SSSR count). The van der Waals surface area contributed by atoms with Crippen LogP contribution < -0.4 is 5.56 Å². The first kappa shape index (κ1) is 22.2. The average molecular weight is 403 g/mol. The molecule has 5 nitrogen and oxygen atoms in total. The highest BCUT2D eigenvalue weighted by molar-refractivity contribution is 8.00. The van der Waals surface area contributed by atoms with Gasteiger partial charge in [-0.3, -0.25) is 9.59 Å². The summed E-state index contributed by atoms with van der Waals surface area (Å²) in [5.74, 6) is 0.187. The molecule has 0 saturated carbocycles. The number of thioether (sulfide) groups is 1. The largest absolute Gasteiger partial charge is 0.507 e. The molecule has 0 aliphatic carbocycles. The van der Waals surface area contributed by atoms with Crippen molar-refractivity contribution in [1.82, 2.24) is 9.97 Å². The van der Waals surface area contributed by atoms with Crippen molar-refractivity contribution < 1.29 is 9.90 Å². The summed E-state index contributed by atoms with van der Waals surface area (Å²) in [4.78, 5) is 31.8. The number of hydrogen-bond donors (Lipinski definition) is 2. The molecule has 0 bridgehead atoms. The number of hydrogen-bond acceptors (Lipinski definition) is 5. The van der Waals surface area contributed by atoms with E-state index in [1.165, 1.54) is 17.8 Å². The van der Waals surface area contributed by atoms with E-state index in [-0.39, 0.29) is 27.9 Å². The number of aromatic nitrogens is 2. The summed E-state index contributed by atoms with van der Waals surface area (Å²) in [5.41, 5.74) is 1.83. The summed E-state index contributed by atoms with van der Waals surface area (Å²) in [6.07, 6.45) is 0. The topological polar surface area (TPSA) is 83.0 Å². The van der Waals surface area contributed by atoms with E-state index in [0.717, 1.165) is 11.1 Å². The number of nitrogens with zero attached hydrogens (tertiary/aromatic N) is 1. The zero-order valence-corrected chi connectivity index (χ0v) is 18.7. The van der Waals surface area contributed by atoms with Gasteiger partial charge in [0.2, 0.25) is 0 Å². The Labute approximate surface area is 171 Å². The van der Waals surface area contributed by atoms with Crippen molar-refractivity contribution in [2.24, 2.45) is 0 Å².